The monoisotopic (exact) mass is 337 g/mol. The van der Waals surface area contributed by atoms with Crippen LogP contribution in [0.3, 0.4) is 0 Å². The third-order valence-electron chi connectivity index (χ3n) is 3.53. The zero-order valence-corrected chi connectivity index (χ0v) is 13.2. The van der Waals surface area contributed by atoms with Crippen molar-refractivity contribution in [2.45, 2.75) is 12.8 Å². The Hall–Kier alpha value is -3.55. The average Bonchev–Trinajstić information content (AvgIpc) is 2.67. The van der Waals surface area contributed by atoms with E-state index in [1.807, 2.05) is 6.07 Å². The Morgan fingerprint density at radius 3 is 2.32 bits per heavy atom. The van der Waals surface area contributed by atoms with Gasteiger partial charge in [0.05, 0.1) is 5.69 Å². The summed E-state index contributed by atoms with van der Waals surface area (Å²) in [4.78, 5) is 40.0. The molecule has 0 fully saturated rings. The molecule has 8 nitrogen and oxygen atoms in total. The van der Waals surface area contributed by atoms with Crippen LogP contribution in [0.2, 0.25) is 0 Å². The van der Waals surface area contributed by atoms with E-state index in [-0.39, 0.29) is 24.5 Å². The molecule has 3 amide bonds. The van der Waals surface area contributed by atoms with Gasteiger partial charge < -0.3 is 0 Å². The van der Waals surface area contributed by atoms with Crippen molar-refractivity contribution in [2.24, 2.45) is 5.10 Å². The van der Waals surface area contributed by atoms with Crippen molar-refractivity contribution >= 4 is 29.1 Å². The van der Waals surface area contributed by atoms with E-state index >= 15 is 0 Å². The van der Waals surface area contributed by atoms with E-state index in [1.165, 1.54) is 29.5 Å². The van der Waals surface area contributed by atoms with Crippen molar-refractivity contribution in [1.29, 1.82) is 0 Å². The largest absolute Gasteiger partial charge is 0.285 e. The van der Waals surface area contributed by atoms with Gasteiger partial charge in [0.15, 0.2) is 0 Å². The minimum absolute atomic E-state index is 0.165. The van der Waals surface area contributed by atoms with Crippen LogP contribution in [0.5, 0.6) is 0 Å². The number of carbonyl (C=O) groups is 3. The van der Waals surface area contributed by atoms with Crippen LogP contribution in [-0.2, 0) is 9.59 Å². The smallest absolute Gasteiger partial charge is 0.273 e. The molecule has 0 aliphatic carbocycles. The summed E-state index contributed by atoms with van der Waals surface area (Å²) in [6.07, 6.45) is 3.33. The van der Waals surface area contributed by atoms with Crippen LogP contribution in [0, 0.1) is 0 Å². The summed E-state index contributed by atoms with van der Waals surface area (Å²) in [5.41, 5.74) is 5.73. The lowest BCUT2D eigenvalue weighted by molar-refractivity contribution is -0.119. The van der Waals surface area contributed by atoms with Crippen molar-refractivity contribution in [3.63, 3.8) is 0 Å². The Bertz CT molecular complexity index is 821. The summed E-state index contributed by atoms with van der Waals surface area (Å²) >= 11 is 0. The van der Waals surface area contributed by atoms with E-state index in [4.69, 9.17) is 0 Å². The van der Waals surface area contributed by atoms with Crippen molar-refractivity contribution in [1.82, 2.24) is 15.8 Å². The molecule has 0 saturated carbocycles. The second-order valence-electron chi connectivity index (χ2n) is 5.23. The van der Waals surface area contributed by atoms with Gasteiger partial charge in [0, 0.05) is 30.8 Å². The highest BCUT2D eigenvalue weighted by Crippen LogP contribution is 2.19. The van der Waals surface area contributed by atoms with Gasteiger partial charge in [-0.05, 0) is 24.3 Å². The number of nitrogens with one attached hydrogen (secondary N) is 2. The Morgan fingerprint density at radius 2 is 1.60 bits per heavy atom. The third kappa shape index (κ3) is 3.86. The number of anilines is 1. The molecule has 8 heteroatoms. The summed E-state index contributed by atoms with van der Waals surface area (Å²) in [5.74, 6) is -1.22. The van der Waals surface area contributed by atoms with Crippen molar-refractivity contribution in [3.8, 4) is 0 Å². The van der Waals surface area contributed by atoms with Gasteiger partial charge in [-0.1, -0.05) is 18.2 Å². The molecular weight excluding hydrogens is 322 g/mol. The third-order valence-corrected chi connectivity index (χ3v) is 3.53. The Kier molecular flexibility index (Phi) is 4.79. The highest BCUT2D eigenvalue weighted by Gasteiger charge is 2.25. The van der Waals surface area contributed by atoms with Crippen LogP contribution in [0.25, 0.3) is 0 Å². The number of hydrogen-bond acceptors (Lipinski definition) is 5. The first-order valence-corrected chi connectivity index (χ1v) is 7.61. The summed E-state index contributed by atoms with van der Waals surface area (Å²) < 4.78 is 0. The average molecular weight is 337 g/mol. The molecule has 0 unspecified atom stereocenters. The second kappa shape index (κ2) is 7.35. The molecule has 1 aliphatic heterocycles. The molecule has 1 aromatic heterocycles. The van der Waals surface area contributed by atoms with Crippen LogP contribution < -0.4 is 15.9 Å². The maximum atomic E-state index is 12.2. The topological polar surface area (TPSA) is 104 Å². The molecule has 0 spiro atoms. The molecule has 126 valence electrons. The van der Waals surface area contributed by atoms with Crippen LogP contribution in [0.4, 0.5) is 5.69 Å². The maximum absolute atomic E-state index is 12.2. The molecule has 0 saturated heterocycles. The molecular formula is C17H15N5O3. The summed E-state index contributed by atoms with van der Waals surface area (Å²) in [6.45, 7) is 0. The number of hydrazine groups is 1. The van der Waals surface area contributed by atoms with E-state index in [1.54, 1.807) is 24.3 Å². The zero-order chi connectivity index (χ0) is 17.6. The van der Waals surface area contributed by atoms with Gasteiger partial charge in [-0.2, -0.15) is 5.10 Å². The van der Waals surface area contributed by atoms with Gasteiger partial charge in [0.2, 0.25) is 5.91 Å². The summed E-state index contributed by atoms with van der Waals surface area (Å²) in [6, 6.07) is 11.9. The number of pyridine rings is 1. The lowest BCUT2D eigenvalue weighted by Gasteiger charge is -2.23. The first-order chi connectivity index (χ1) is 12.1. The molecule has 2 heterocycles. The number of rotatable bonds is 3. The molecule has 1 aliphatic rings. The van der Waals surface area contributed by atoms with E-state index in [0.717, 1.165) is 0 Å². The lowest BCUT2D eigenvalue weighted by atomic mass is 10.1. The number of aromatic nitrogens is 1. The quantitative estimate of drug-likeness (QED) is 0.816. The number of hydrogen-bond donors (Lipinski definition) is 2. The van der Waals surface area contributed by atoms with Gasteiger partial charge in [0.1, 0.15) is 5.71 Å². The number of benzene rings is 1. The zero-order valence-electron chi connectivity index (χ0n) is 13.2. The lowest BCUT2D eigenvalue weighted by Crippen LogP contribution is -2.47. The molecule has 0 radical (unpaired) electrons. The SMILES string of the molecule is O=C(NNC(=O)c1ccncc1)C1=NN(c2ccccc2)C(=O)CC1. The van der Waals surface area contributed by atoms with Crippen molar-refractivity contribution in [2.75, 3.05) is 5.01 Å². The van der Waals surface area contributed by atoms with E-state index < -0.39 is 11.8 Å². The van der Waals surface area contributed by atoms with Gasteiger partial charge in [0.25, 0.3) is 11.8 Å². The number of para-hydroxylation sites is 1. The fraction of sp³-hybridized carbons (Fsp3) is 0.118. The Labute approximate surface area is 143 Å². The molecule has 1 aromatic carbocycles. The highest BCUT2D eigenvalue weighted by molar-refractivity contribution is 6.40. The Balaban J connectivity index is 1.67. The first-order valence-electron chi connectivity index (χ1n) is 7.61. The molecule has 25 heavy (non-hydrogen) atoms. The predicted molar refractivity (Wildman–Crippen MR) is 90.4 cm³/mol. The molecule has 3 rings (SSSR count). The number of hydrazone groups is 1. The van der Waals surface area contributed by atoms with E-state index in [9.17, 15) is 14.4 Å². The van der Waals surface area contributed by atoms with Gasteiger partial charge in [-0.25, -0.2) is 5.01 Å². The van der Waals surface area contributed by atoms with Crippen LogP contribution in [0.15, 0.2) is 60.0 Å². The second-order valence-corrected chi connectivity index (χ2v) is 5.23. The highest BCUT2D eigenvalue weighted by atomic mass is 16.2. The van der Waals surface area contributed by atoms with Gasteiger partial charge in [-0.3, -0.25) is 30.2 Å². The molecule has 0 bridgehead atoms. The number of carbonyl (C=O) groups excluding carboxylic acids is 3. The normalized spacial score (nSPS) is 13.8. The fourth-order valence-electron chi connectivity index (χ4n) is 2.25. The fourth-order valence-corrected chi connectivity index (χ4v) is 2.25. The minimum atomic E-state index is -0.559. The first kappa shape index (κ1) is 16.3. The van der Waals surface area contributed by atoms with Crippen molar-refractivity contribution < 1.29 is 14.4 Å². The van der Waals surface area contributed by atoms with Crippen LogP contribution >= 0.6 is 0 Å². The standard InChI is InChI=1S/C17H15N5O3/c23-15-7-6-14(21-22(15)13-4-2-1-3-5-13)17(25)20-19-16(24)12-8-10-18-11-9-12/h1-5,8-11H,6-7H2,(H,19,24)(H,20,25). The number of nitrogens with zero attached hydrogens (tertiary/aromatic N) is 3. The van der Waals surface area contributed by atoms with Gasteiger partial charge >= 0.3 is 0 Å². The Morgan fingerprint density at radius 1 is 0.920 bits per heavy atom. The van der Waals surface area contributed by atoms with Crippen LogP contribution in [0.1, 0.15) is 23.2 Å². The molecule has 2 N–H and O–H groups in total. The number of amides is 3. The van der Waals surface area contributed by atoms with E-state index in [2.05, 4.69) is 20.9 Å². The molecule has 2 aromatic rings. The van der Waals surface area contributed by atoms with Gasteiger partial charge in [-0.15, -0.1) is 0 Å². The predicted octanol–water partition coefficient (Wildman–Crippen LogP) is 1.03. The maximum Gasteiger partial charge on any atom is 0.285 e. The minimum Gasteiger partial charge on any atom is -0.273 e. The van der Waals surface area contributed by atoms with Crippen molar-refractivity contribution in [3.05, 3.63) is 60.4 Å². The van der Waals surface area contributed by atoms with E-state index in [0.29, 0.717) is 11.3 Å². The summed E-state index contributed by atoms with van der Waals surface area (Å²) in [7, 11) is 0. The summed E-state index contributed by atoms with van der Waals surface area (Å²) in [5, 5.41) is 5.31. The van der Waals surface area contributed by atoms with Crippen LogP contribution in [-0.4, -0.2) is 28.4 Å². The molecule has 0 atom stereocenters.